The molecule has 0 saturated carbocycles. The summed E-state index contributed by atoms with van der Waals surface area (Å²) in [4.78, 5) is 41.3. The van der Waals surface area contributed by atoms with Crippen molar-refractivity contribution in [3.05, 3.63) is 0 Å². The predicted octanol–water partition coefficient (Wildman–Crippen LogP) is 3.81. The first-order valence-electron chi connectivity index (χ1n) is 15.7. The maximum absolute atomic E-state index is 10.3. The van der Waals surface area contributed by atoms with Gasteiger partial charge in [0, 0.05) is 44.9 Å². The molecule has 9 heteroatoms. The molecule has 0 rings (SSSR count). The van der Waals surface area contributed by atoms with Gasteiger partial charge in [0.15, 0.2) is 0 Å². The van der Waals surface area contributed by atoms with Gasteiger partial charge in [-0.05, 0) is 75.0 Å². The van der Waals surface area contributed by atoms with Crippen LogP contribution in [0.15, 0.2) is 0 Å². The summed E-state index contributed by atoms with van der Waals surface area (Å²) in [6.07, 6.45) is 14.1. The molecule has 8 nitrogen and oxygen atoms in total. The van der Waals surface area contributed by atoms with Gasteiger partial charge in [-0.3, -0.25) is 0 Å². The van der Waals surface area contributed by atoms with E-state index >= 15 is 0 Å². The molecule has 0 bridgehead atoms. The molecule has 0 spiro atoms. The number of rotatable bonds is 20. The van der Waals surface area contributed by atoms with E-state index in [4.69, 9.17) is 0 Å². The molecule has 0 saturated heterocycles. The Kier molecular flexibility index (Phi) is 44.0. The summed E-state index contributed by atoms with van der Waals surface area (Å²) in [5, 5.41) is 41.3. The molecule has 4 atom stereocenters. The van der Waals surface area contributed by atoms with E-state index in [2.05, 4.69) is 27.7 Å². The number of hydrogen-bond donors (Lipinski definition) is 0. The average Bonchev–Trinajstić information content (AvgIpc) is 2.91. The minimum absolute atomic E-state index is 0. The fourth-order valence-electron chi connectivity index (χ4n) is 3.76. The van der Waals surface area contributed by atoms with E-state index in [0.717, 1.165) is 77.0 Å². The van der Waals surface area contributed by atoms with E-state index in [-0.39, 0.29) is 44.7 Å². The molecular weight excluding hydrogens is 696 g/mol. The van der Waals surface area contributed by atoms with Gasteiger partial charge in [0.2, 0.25) is 0 Å². The van der Waals surface area contributed by atoms with Gasteiger partial charge in [0.05, 0.1) is 0 Å². The molecule has 246 valence electrons. The molecule has 0 radical (unpaired) electrons. The maximum Gasteiger partial charge on any atom is 0.0445 e. The molecule has 0 aromatic rings. The normalized spacial score (nSPS) is 12.7. The Morgan fingerprint density at radius 1 is 0.390 bits per heavy atom. The molecule has 0 aliphatic rings. The number of carboxylic acid groups (broad SMARTS) is 4. The number of carboxylic acids is 4. The van der Waals surface area contributed by atoms with Gasteiger partial charge in [-0.15, -0.1) is 0 Å². The van der Waals surface area contributed by atoms with Crippen LogP contribution >= 0.6 is 0 Å². The van der Waals surface area contributed by atoms with Crippen molar-refractivity contribution in [1.29, 1.82) is 0 Å². The zero-order valence-corrected chi connectivity index (χ0v) is 30.2. The second-order valence-electron chi connectivity index (χ2n) is 10.3. The van der Waals surface area contributed by atoms with Crippen LogP contribution in [-0.4, -0.2) is 23.9 Å². The summed E-state index contributed by atoms with van der Waals surface area (Å²) in [7, 11) is 0. The van der Waals surface area contributed by atoms with Crippen LogP contribution in [-0.2, 0) is 40.2 Å². The van der Waals surface area contributed by atoms with Crippen LogP contribution in [0.4, 0.5) is 0 Å². The number of hydrogen-bond acceptors (Lipinski definition) is 8. The fourth-order valence-corrected chi connectivity index (χ4v) is 3.76. The Labute approximate surface area is 265 Å². The van der Waals surface area contributed by atoms with Crippen LogP contribution < -0.4 is 20.4 Å². The van der Waals surface area contributed by atoms with E-state index in [1.165, 1.54) is 0 Å². The zero-order valence-electron chi connectivity index (χ0n) is 27.3. The predicted molar refractivity (Wildman–Crippen MR) is 153 cm³/mol. The van der Waals surface area contributed by atoms with Crippen molar-refractivity contribution < 1.29 is 60.7 Å². The van der Waals surface area contributed by atoms with Gasteiger partial charge >= 0.3 is 0 Å². The Bertz CT molecular complexity index is 509. The standard InChI is InChI=1S/4C8H16O2.W/c4*1-3-5-6-7(4-2)8(9)10;/h4*7H,3-6H2,1-2H3,(H,9,10);/p-4. The number of unbranched alkanes of at least 4 members (excludes halogenated alkanes) is 4. The van der Waals surface area contributed by atoms with Gasteiger partial charge < -0.3 is 39.6 Å². The largest absolute Gasteiger partial charge is 0.550 e. The summed E-state index contributed by atoms with van der Waals surface area (Å²) < 4.78 is 0. The minimum atomic E-state index is -0.893. The number of carbonyl (C=O) groups excluding carboxylic acids is 4. The number of aliphatic carboxylic acids is 4. The average molecular weight is 757 g/mol. The first-order valence-corrected chi connectivity index (χ1v) is 15.7. The van der Waals surface area contributed by atoms with Crippen LogP contribution in [0, 0.1) is 23.7 Å². The Morgan fingerprint density at radius 2 is 0.537 bits per heavy atom. The molecule has 0 N–H and O–H groups in total. The van der Waals surface area contributed by atoms with Gasteiger partial charge in [0.1, 0.15) is 0 Å². The molecule has 0 aliphatic heterocycles. The van der Waals surface area contributed by atoms with Crippen molar-refractivity contribution >= 4 is 23.9 Å². The summed E-state index contributed by atoms with van der Waals surface area (Å²) in [6, 6.07) is 0. The third-order valence-electron chi connectivity index (χ3n) is 6.93. The van der Waals surface area contributed by atoms with E-state index in [9.17, 15) is 39.6 Å². The second-order valence-corrected chi connectivity index (χ2v) is 10.3. The molecule has 0 fully saturated rings. The molecule has 0 aromatic carbocycles. The van der Waals surface area contributed by atoms with Crippen LogP contribution in [0.5, 0.6) is 0 Å². The van der Waals surface area contributed by atoms with Crippen molar-refractivity contribution in [1.82, 2.24) is 0 Å². The first kappa shape index (κ1) is 49.3. The SMILES string of the molecule is CCCCC(CC)C(=O)[O-].CCCCC(CC)C(=O)[O-].CCCCC(CC)C(=O)[O-].CCCCC(CC)C(=O)[O-].[W]. The van der Waals surface area contributed by atoms with Crippen molar-refractivity contribution in [2.24, 2.45) is 23.7 Å². The smallest absolute Gasteiger partial charge is 0.0445 e. The van der Waals surface area contributed by atoms with Crippen LogP contribution in [0.3, 0.4) is 0 Å². The van der Waals surface area contributed by atoms with Crippen LogP contribution in [0.1, 0.15) is 158 Å². The maximum atomic E-state index is 10.3. The molecular formula is C32H60O8W-4. The Hall–Kier alpha value is -1.43. The van der Waals surface area contributed by atoms with Gasteiger partial charge in [-0.1, -0.05) is 107 Å². The van der Waals surface area contributed by atoms with E-state index in [1.54, 1.807) is 0 Å². The summed E-state index contributed by atoms with van der Waals surface area (Å²) >= 11 is 0. The summed E-state index contributed by atoms with van der Waals surface area (Å²) in [6.45, 7) is 15.8. The van der Waals surface area contributed by atoms with E-state index in [0.29, 0.717) is 25.7 Å². The topological polar surface area (TPSA) is 161 Å². The third-order valence-corrected chi connectivity index (χ3v) is 6.93. The second kappa shape index (κ2) is 36.6. The van der Waals surface area contributed by atoms with E-state index < -0.39 is 23.9 Å². The molecule has 41 heavy (non-hydrogen) atoms. The molecule has 4 unspecified atom stereocenters. The Morgan fingerprint density at radius 3 is 0.610 bits per heavy atom. The Balaban J connectivity index is -0.000000139. The minimum Gasteiger partial charge on any atom is -0.550 e. The van der Waals surface area contributed by atoms with Gasteiger partial charge in [0.25, 0.3) is 0 Å². The van der Waals surface area contributed by atoms with Crippen molar-refractivity contribution in [3.8, 4) is 0 Å². The quantitative estimate of drug-likeness (QED) is 0.181. The fraction of sp³-hybridized carbons (Fsp3) is 0.875. The summed E-state index contributed by atoms with van der Waals surface area (Å²) in [5.74, 6) is -4.46. The van der Waals surface area contributed by atoms with Crippen molar-refractivity contribution in [2.75, 3.05) is 0 Å². The van der Waals surface area contributed by atoms with Crippen molar-refractivity contribution in [3.63, 3.8) is 0 Å². The third kappa shape index (κ3) is 34.7. The zero-order chi connectivity index (χ0) is 31.9. The van der Waals surface area contributed by atoms with Crippen LogP contribution in [0.25, 0.3) is 0 Å². The van der Waals surface area contributed by atoms with E-state index in [1.807, 2.05) is 27.7 Å². The van der Waals surface area contributed by atoms with Crippen molar-refractivity contribution in [2.45, 2.75) is 158 Å². The summed E-state index contributed by atoms with van der Waals surface area (Å²) in [5.41, 5.74) is 0. The number of carbonyl (C=O) groups is 4. The van der Waals surface area contributed by atoms with Gasteiger partial charge in [-0.25, -0.2) is 0 Å². The molecule has 0 heterocycles. The van der Waals surface area contributed by atoms with Crippen LogP contribution in [0.2, 0.25) is 0 Å². The molecule has 0 amide bonds. The molecule has 0 aliphatic carbocycles. The monoisotopic (exact) mass is 756 g/mol. The molecule has 0 aromatic heterocycles. The first-order chi connectivity index (χ1) is 18.9. The van der Waals surface area contributed by atoms with Gasteiger partial charge in [-0.2, -0.15) is 0 Å².